The van der Waals surface area contributed by atoms with Gasteiger partial charge >= 0.3 is 0 Å². The minimum Gasteiger partial charge on any atom is -0.431 e. The van der Waals surface area contributed by atoms with Gasteiger partial charge in [0.15, 0.2) is 5.58 Å². The summed E-state index contributed by atoms with van der Waals surface area (Å²) in [5.41, 5.74) is 8.06. The van der Waals surface area contributed by atoms with Crippen molar-refractivity contribution in [2.45, 2.75) is 18.6 Å². The fourth-order valence-corrected chi connectivity index (χ4v) is 3.04. The predicted molar refractivity (Wildman–Crippen MR) is 76.8 cm³/mol. The number of oxazole rings is 1. The number of fused-ring (bicyclic) bond motifs is 1. The van der Waals surface area contributed by atoms with Gasteiger partial charge in [-0.25, -0.2) is 4.98 Å². The van der Waals surface area contributed by atoms with Crippen LogP contribution in [0.25, 0.3) is 11.1 Å². The Kier molecular flexibility index (Phi) is 4.62. The Morgan fingerprint density at radius 1 is 1.35 bits per heavy atom. The van der Waals surface area contributed by atoms with E-state index in [1.54, 1.807) is 11.8 Å². The lowest BCUT2D eigenvalue weighted by atomic mass is 10.3. The molecule has 0 spiro atoms. The van der Waals surface area contributed by atoms with Crippen LogP contribution in [0.2, 0.25) is 0 Å². The molecule has 17 heavy (non-hydrogen) atoms. The van der Waals surface area contributed by atoms with Crippen molar-refractivity contribution in [3.8, 4) is 0 Å². The third-order valence-corrected chi connectivity index (χ3v) is 4.16. The molecule has 0 saturated carbocycles. The summed E-state index contributed by atoms with van der Waals surface area (Å²) in [5, 5.41) is 0.743. The molecule has 2 N–H and O–H groups in total. The number of nitrogens with two attached hydrogens (primary N) is 1. The van der Waals surface area contributed by atoms with Crippen LogP contribution in [0.5, 0.6) is 0 Å². The number of aromatic nitrogens is 1. The number of nitrogens with zero attached hydrogens (tertiary/aromatic N) is 1. The van der Waals surface area contributed by atoms with E-state index in [0.29, 0.717) is 5.69 Å². The Balaban J connectivity index is 1.91. The zero-order valence-corrected chi connectivity index (χ0v) is 11.4. The molecule has 0 amide bonds. The fraction of sp³-hybridized carbons (Fsp3) is 0.417. The standard InChI is InChI=1S/C12H16N2OS2/c1-2-16-6-3-7-17-12-14-10-5-4-9(13)8-11(10)15-12/h4-5,8H,2-3,6-7,13H2,1H3. The zero-order valence-electron chi connectivity index (χ0n) is 9.81. The minimum atomic E-state index is 0.713. The molecule has 3 nitrogen and oxygen atoms in total. The first-order valence-corrected chi connectivity index (χ1v) is 7.80. The molecule has 0 fully saturated rings. The van der Waals surface area contributed by atoms with Gasteiger partial charge in [-0.3, -0.25) is 0 Å². The fourth-order valence-electron chi connectivity index (χ4n) is 1.45. The lowest BCUT2D eigenvalue weighted by molar-refractivity contribution is 0.489. The monoisotopic (exact) mass is 268 g/mol. The zero-order chi connectivity index (χ0) is 12.1. The maximum absolute atomic E-state index is 5.69. The first-order chi connectivity index (χ1) is 8.29. The van der Waals surface area contributed by atoms with Gasteiger partial charge in [0, 0.05) is 17.5 Å². The van der Waals surface area contributed by atoms with Gasteiger partial charge in [0.1, 0.15) is 5.52 Å². The van der Waals surface area contributed by atoms with E-state index in [1.165, 1.54) is 17.9 Å². The first-order valence-electron chi connectivity index (χ1n) is 5.66. The van der Waals surface area contributed by atoms with Crippen LogP contribution in [0.3, 0.4) is 0 Å². The maximum Gasteiger partial charge on any atom is 0.256 e. The van der Waals surface area contributed by atoms with Crippen molar-refractivity contribution in [1.82, 2.24) is 4.98 Å². The van der Waals surface area contributed by atoms with Crippen molar-refractivity contribution in [2.24, 2.45) is 0 Å². The highest BCUT2D eigenvalue weighted by Crippen LogP contribution is 2.25. The van der Waals surface area contributed by atoms with Crippen molar-refractivity contribution in [2.75, 3.05) is 23.0 Å². The van der Waals surface area contributed by atoms with Crippen LogP contribution in [0.15, 0.2) is 27.8 Å². The Morgan fingerprint density at radius 2 is 2.24 bits per heavy atom. The number of nitrogen functional groups attached to an aromatic ring is 1. The topological polar surface area (TPSA) is 52.0 Å². The van der Waals surface area contributed by atoms with Crippen molar-refractivity contribution in [3.05, 3.63) is 18.2 Å². The van der Waals surface area contributed by atoms with E-state index in [0.717, 1.165) is 22.1 Å². The minimum absolute atomic E-state index is 0.713. The molecule has 0 unspecified atom stereocenters. The van der Waals surface area contributed by atoms with Gasteiger partial charge in [0.25, 0.3) is 5.22 Å². The summed E-state index contributed by atoms with van der Waals surface area (Å²) in [6, 6.07) is 5.56. The molecule has 1 aromatic carbocycles. The summed E-state index contributed by atoms with van der Waals surface area (Å²) in [5.74, 6) is 3.44. The Bertz CT molecular complexity index is 484. The smallest absolute Gasteiger partial charge is 0.256 e. The molecule has 2 rings (SSSR count). The molecular weight excluding hydrogens is 252 g/mol. The molecule has 0 aliphatic heterocycles. The average Bonchev–Trinajstić information content (AvgIpc) is 2.70. The van der Waals surface area contributed by atoms with E-state index in [2.05, 4.69) is 11.9 Å². The third-order valence-electron chi connectivity index (χ3n) is 2.26. The number of thioether (sulfide) groups is 2. The van der Waals surface area contributed by atoms with E-state index in [1.807, 2.05) is 30.0 Å². The van der Waals surface area contributed by atoms with Crippen LogP contribution in [-0.4, -0.2) is 22.2 Å². The molecule has 0 radical (unpaired) electrons. The van der Waals surface area contributed by atoms with Gasteiger partial charge in [-0.15, -0.1) is 0 Å². The molecule has 0 aliphatic rings. The van der Waals surface area contributed by atoms with Crippen molar-refractivity contribution in [3.63, 3.8) is 0 Å². The summed E-state index contributed by atoms with van der Waals surface area (Å²) in [6.45, 7) is 2.18. The summed E-state index contributed by atoms with van der Waals surface area (Å²) in [4.78, 5) is 4.41. The third kappa shape index (κ3) is 3.57. The molecule has 0 bridgehead atoms. The highest BCUT2D eigenvalue weighted by atomic mass is 32.2. The van der Waals surface area contributed by atoms with Gasteiger partial charge < -0.3 is 10.2 Å². The molecule has 5 heteroatoms. The van der Waals surface area contributed by atoms with Gasteiger partial charge in [-0.2, -0.15) is 11.8 Å². The lowest BCUT2D eigenvalue weighted by Gasteiger charge is -1.96. The van der Waals surface area contributed by atoms with Crippen LogP contribution in [0.4, 0.5) is 5.69 Å². The SMILES string of the molecule is CCSCCCSc1nc2ccc(N)cc2o1. The van der Waals surface area contributed by atoms with E-state index in [9.17, 15) is 0 Å². The molecule has 1 aromatic heterocycles. The Hall–Kier alpha value is -0.810. The van der Waals surface area contributed by atoms with Gasteiger partial charge in [0.05, 0.1) is 0 Å². The second-order valence-electron chi connectivity index (χ2n) is 3.61. The molecule has 0 saturated heterocycles. The van der Waals surface area contributed by atoms with Crippen molar-refractivity contribution < 1.29 is 4.42 Å². The summed E-state index contributed by atoms with van der Waals surface area (Å²) in [7, 11) is 0. The van der Waals surface area contributed by atoms with Gasteiger partial charge in [0.2, 0.25) is 0 Å². The summed E-state index contributed by atoms with van der Waals surface area (Å²) < 4.78 is 5.62. The molecule has 0 atom stereocenters. The Labute approximate surface area is 110 Å². The highest BCUT2D eigenvalue weighted by molar-refractivity contribution is 8.00. The van der Waals surface area contributed by atoms with E-state index < -0.39 is 0 Å². The van der Waals surface area contributed by atoms with Crippen LogP contribution < -0.4 is 5.73 Å². The summed E-state index contributed by atoms with van der Waals surface area (Å²) >= 11 is 3.64. The number of hydrogen-bond donors (Lipinski definition) is 1. The molecule has 92 valence electrons. The van der Waals surface area contributed by atoms with Crippen LogP contribution in [-0.2, 0) is 0 Å². The van der Waals surface area contributed by atoms with E-state index in [-0.39, 0.29) is 0 Å². The highest BCUT2D eigenvalue weighted by Gasteiger charge is 2.05. The molecule has 2 aromatic rings. The van der Waals surface area contributed by atoms with Crippen LogP contribution in [0, 0.1) is 0 Å². The van der Waals surface area contributed by atoms with Crippen LogP contribution >= 0.6 is 23.5 Å². The van der Waals surface area contributed by atoms with Gasteiger partial charge in [-0.05, 0) is 30.1 Å². The van der Waals surface area contributed by atoms with E-state index in [4.69, 9.17) is 10.2 Å². The quantitative estimate of drug-likeness (QED) is 0.492. The molecule has 1 heterocycles. The number of hydrogen-bond acceptors (Lipinski definition) is 5. The molecular formula is C12H16N2OS2. The normalized spacial score (nSPS) is 11.1. The summed E-state index contributed by atoms with van der Waals surface area (Å²) in [6.07, 6.45) is 1.18. The number of anilines is 1. The molecule has 0 aliphatic carbocycles. The predicted octanol–water partition coefficient (Wildman–Crippen LogP) is 3.65. The van der Waals surface area contributed by atoms with E-state index >= 15 is 0 Å². The second kappa shape index (κ2) is 6.21. The van der Waals surface area contributed by atoms with Crippen molar-refractivity contribution >= 4 is 40.3 Å². The largest absolute Gasteiger partial charge is 0.431 e. The lowest BCUT2D eigenvalue weighted by Crippen LogP contribution is -1.84. The number of benzene rings is 1. The first kappa shape index (κ1) is 12.6. The van der Waals surface area contributed by atoms with Crippen LogP contribution in [0.1, 0.15) is 13.3 Å². The van der Waals surface area contributed by atoms with Crippen molar-refractivity contribution in [1.29, 1.82) is 0 Å². The maximum atomic E-state index is 5.69. The Morgan fingerprint density at radius 3 is 3.06 bits per heavy atom. The number of rotatable bonds is 6. The second-order valence-corrected chi connectivity index (χ2v) is 6.05. The van der Waals surface area contributed by atoms with Gasteiger partial charge in [-0.1, -0.05) is 18.7 Å². The average molecular weight is 268 g/mol.